The fourth-order valence-corrected chi connectivity index (χ4v) is 4.08. The maximum atomic E-state index is 12.6. The molecule has 0 radical (unpaired) electrons. The number of ether oxygens (including phenoxy) is 1. The Bertz CT molecular complexity index is 1150. The average Bonchev–Trinajstić information content (AvgIpc) is 3.13. The predicted molar refractivity (Wildman–Crippen MR) is 124 cm³/mol. The van der Waals surface area contributed by atoms with E-state index in [4.69, 9.17) is 4.74 Å². The lowest BCUT2D eigenvalue weighted by Crippen LogP contribution is -2.28. The van der Waals surface area contributed by atoms with Gasteiger partial charge in [0.05, 0.1) is 18.2 Å². The second-order valence-electron chi connectivity index (χ2n) is 9.16. The van der Waals surface area contributed by atoms with Gasteiger partial charge in [-0.05, 0) is 74.1 Å². The van der Waals surface area contributed by atoms with Crippen LogP contribution in [0, 0.1) is 6.92 Å². The van der Waals surface area contributed by atoms with Crippen molar-refractivity contribution >= 4 is 23.1 Å². The molecule has 1 aliphatic rings. The highest BCUT2D eigenvalue weighted by atomic mass is 16.6. The number of aliphatic hydroxyl groups excluding tert-OH is 1. The van der Waals surface area contributed by atoms with Crippen LogP contribution in [0.2, 0.25) is 0 Å². The zero-order valence-corrected chi connectivity index (χ0v) is 18.6. The van der Waals surface area contributed by atoms with Gasteiger partial charge in [0.15, 0.2) is 0 Å². The SMILES string of the molecule is Cc1cc2c(cc1CO)C(/C=C/c1ccc3ccn(C(=O)OC(C)(C)C)c3c1)NCC2. The van der Waals surface area contributed by atoms with E-state index in [1.165, 1.54) is 11.1 Å². The van der Waals surface area contributed by atoms with Gasteiger partial charge in [-0.2, -0.15) is 0 Å². The quantitative estimate of drug-likeness (QED) is 0.619. The molecule has 4 rings (SSSR count). The van der Waals surface area contributed by atoms with E-state index in [0.717, 1.165) is 40.6 Å². The summed E-state index contributed by atoms with van der Waals surface area (Å²) in [7, 11) is 0. The van der Waals surface area contributed by atoms with Crippen LogP contribution in [0.5, 0.6) is 0 Å². The number of carbonyl (C=O) groups is 1. The van der Waals surface area contributed by atoms with Crippen molar-refractivity contribution in [2.24, 2.45) is 0 Å². The molecule has 0 amide bonds. The van der Waals surface area contributed by atoms with Crippen LogP contribution in [-0.2, 0) is 17.8 Å². The maximum absolute atomic E-state index is 12.6. The first-order chi connectivity index (χ1) is 14.7. The summed E-state index contributed by atoms with van der Waals surface area (Å²) in [6.45, 7) is 8.61. The summed E-state index contributed by atoms with van der Waals surface area (Å²) in [6, 6.07) is 12.4. The van der Waals surface area contributed by atoms with Crippen molar-refractivity contribution in [1.82, 2.24) is 9.88 Å². The summed E-state index contributed by atoms with van der Waals surface area (Å²) in [5.41, 5.74) is 5.95. The van der Waals surface area contributed by atoms with E-state index in [9.17, 15) is 9.90 Å². The minimum atomic E-state index is -0.545. The molecule has 5 heteroatoms. The van der Waals surface area contributed by atoms with Gasteiger partial charge in [0.25, 0.3) is 0 Å². The molecule has 0 fully saturated rings. The van der Waals surface area contributed by atoms with Crippen LogP contribution in [0.1, 0.15) is 54.6 Å². The number of benzene rings is 2. The second kappa shape index (κ2) is 8.33. The van der Waals surface area contributed by atoms with Crippen LogP contribution >= 0.6 is 0 Å². The normalized spacial score (nSPS) is 16.6. The highest BCUT2D eigenvalue weighted by Gasteiger charge is 2.20. The van der Waals surface area contributed by atoms with Gasteiger partial charge < -0.3 is 15.2 Å². The van der Waals surface area contributed by atoms with Gasteiger partial charge in [-0.3, -0.25) is 4.57 Å². The summed E-state index contributed by atoms with van der Waals surface area (Å²) in [5, 5.41) is 14.2. The van der Waals surface area contributed by atoms with Crippen LogP contribution in [0.4, 0.5) is 4.79 Å². The maximum Gasteiger partial charge on any atom is 0.418 e. The summed E-state index contributed by atoms with van der Waals surface area (Å²) in [6.07, 6.45) is 6.59. The Hall–Kier alpha value is -2.89. The Balaban J connectivity index is 1.63. The van der Waals surface area contributed by atoms with E-state index in [1.807, 2.05) is 45.9 Å². The van der Waals surface area contributed by atoms with E-state index >= 15 is 0 Å². The Morgan fingerprint density at radius 2 is 2.06 bits per heavy atom. The van der Waals surface area contributed by atoms with Gasteiger partial charge in [-0.25, -0.2) is 4.79 Å². The molecule has 0 saturated carbocycles. The molecule has 3 aromatic rings. The molecule has 0 saturated heterocycles. The van der Waals surface area contributed by atoms with E-state index in [-0.39, 0.29) is 18.7 Å². The fourth-order valence-electron chi connectivity index (χ4n) is 4.08. The molecule has 1 unspecified atom stereocenters. The highest BCUT2D eigenvalue weighted by molar-refractivity contribution is 5.90. The van der Waals surface area contributed by atoms with Crippen LogP contribution in [0.15, 0.2) is 48.7 Å². The predicted octanol–water partition coefficient (Wildman–Crippen LogP) is 5.13. The molecule has 0 spiro atoms. The molecule has 2 heterocycles. The third-order valence-corrected chi connectivity index (χ3v) is 5.65. The standard InChI is InChI=1S/C26H30N2O3/c1-17-13-20-9-11-27-23(22(20)15-21(17)16-29)8-6-18-5-7-19-10-12-28(24(19)14-18)25(30)31-26(2,3)4/h5-8,10,12-15,23,27,29H,9,11,16H2,1-4H3/b8-6+. The Morgan fingerprint density at radius 1 is 1.26 bits per heavy atom. The number of aryl methyl sites for hydroxylation is 1. The molecule has 1 atom stereocenters. The minimum Gasteiger partial charge on any atom is -0.443 e. The van der Waals surface area contributed by atoms with Gasteiger partial charge in [0.1, 0.15) is 5.60 Å². The van der Waals surface area contributed by atoms with E-state index in [1.54, 1.807) is 10.8 Å². The van der Waals surface area contributed by atoms with Crippen LogP contribution in [0.3, 0.4) is 0 Å². The second-order valence-corrected chi connectivity index (χ2v) is 9.16. The summed E-state index contributed by atoms with van der Waals surface area (Å²) < 4.78 is 7.09. The topological polar surface area (TPSA) is 63.5 Å². The lowest BCUT2D eigenvalue weighted by Gasteiger charge is -2.26. The first-order valence-corrected chi connectivity index (χ1v) is 10.7. The average molecular weight is 419 g/mol. The molecule has 1 aromatic heterocycles. The van der Waals surface area contributed by atoms with Crippen LogP contribution in [0.25, 0.3) is 17.0 Å². The number of nitrogens with zero attached hydrogens (tertiary/aromatic N) is 1. The first-order valence-electron chi connectivity index (χ1n) is 10.7. The number of aliphatic hydroxyl groups is 1. The monoisotopic (exact) mass is 418 g/mol. The number of nitrogens with one attached hydrogen (secondary N) is 1. The summed E-state index contributed by atoms with van der Waals surface area (Å²) in [4.78, 5) is 12.6. The third kappa shape index (κ3) is 4.58. The first kappa shape index (κ1) is 21.3. The van der Waals surface area contributed by atoms with Crippen molar-refractivity contribution in [2.45, 2.75) is 52.4 Å². The van der Waals surface area contributed by atoms with Crippen molar-refractivity contribution < 1.29 is 14.6 Å². The lowest BCUT2D eigenvalue weighted by molar-refractivity contribution is 0.0544. The molecule has 2 aromatic carbocycles. The molecule has 31 heavy (non-hydrogen) atoms. The largest absolute Gasteiger partial charge is 0.443 e. The fraction of sp³-hybridized carbons (Fsp3) is 0.346. The number of rotatable bonds is 3. The lowest BCUT2D eigenvalue weighted by atomic mass is 9.90. The third-order valence-electron chi connectivity index (χ3n) is 5.65. The van der Waals surface area contributed by atoms with E-state index < -0.39 is 5.60 Å². The molecular weight excluding hydrogens is 388 g/mol. The number of aromatic nitrogens is 1. The zero-order chi connectivity index (χ0) is 22.2. The number of fused-ring (bicyclic) bond motifs is 2. The van der Waals surface area contributed by atoms with Gasteiger partial charge in [-0.15, -0.1) is 0 Å². The van der Waals surface area contributed by atoms with Gasteiger partial charge in [0.2, 0.25) is 0 Å². The Morgan fingerprint density at radius 3 is 2.81 bits per heavy atom. The van der Waals surface area contributed by atoms with Crippen LogP contribution in [-0.4, -0.2) is 27.9 Å². The van der Waals surface area contributed by atoms with Crippen molar-refractivity contribution in [3.8, 4) is 0 Å². The smallest absolute Gasteiger partial charge is 0.418 e. The summed E-state index contributed by atoms with van der Waals surface area (Å²) >= 11 is 0. The van der Waals surface area contributed by atoms with Gasteiger partial charge in [0, 0.05) is 18.1 Å². The molecule has 0 bridgehead atoms. The highest BCUT2D eigenvalue weighted by Crippen LogP contribution is 2.28. The van der Waals surface area contributed by atoms with Crippen molar-refractivity contribution in [3.05, 3.63) is 76.5 Å². The van der Waals surface area contributed by atoms with E-state index in [0.29, 0.717) is 0 Å². The Labute approximate surface area is 183 Å². The van der Waals surface area contributed by atoms with Gasteiger partial charge in [-0.1, -0.05) is 36.4 Å². The molecule has 2 N–H and O–H groups in total. The Kier molecular flexibility index (Phi) is 5.73. The number of hydrogen-bond donors (Lipinski definition) is 2. The molecular formula is C26H30N2O3. The zero-order valence-electron chi connectivity index (χ0n) is 18.6. The van der Waals surface area contributed by atoms with Gasteiger partial charge >= 0.3 is 6.09 Å². The molecule has 0 aliphatic carbocycles. The molecule has 1 aliphatic heterocycles. The molecule has 5 nitrogen and oxygen atoms in total. The van der Waals surface area contributed by atoms with E-state index in [2.05, 4.69) is 35.7 Å². The van der Waals surface area contributed by atoms with Crippen molar-refractivity contribution in [3.63, 3.8) is 0 Å². The minimum absolute atomic E-state index is 0.0495. The number of hydrogen-bond acceptors (Lipinski definition) is 4. The van der Waals surface area contributed by atoms with Crippen LogP contribution < -0.4 is 5.32 Å². The molecule has 162 valence electrons. The summed E-state index contributed by atoms with van der Waals surface area (Å²) in [5.74, 6) is 0. The van der Waals surface area contributed by atoms with Crippen molar-refractivity contribution in [2.75, 3.05) is 6.54 Å². The number of carbonyl (C=O) groups excluding carboxylic acids is 1. The van der Waals surface area contributed by atoms with Crippen molar-refractivity contribution in [1.29, 1.82) is 0 Å².